The first-order chi connectivity index (χ1) is 6.90. The van der Waals surface area contributed by atoms with E-state index in [0.717, 1.165) is 24.6 Å². The molecule has 2 rings (SSSR count). The van der Waals surface area contributed by atoms with Crippen LogP contribution in [0.2, 0.25) is 0 Å². The third kappa shape index (κ3) is 2.37. The van der Waals surface area contributed by atoms with Crippen LogP contribution in [0.4, 0.5) is 6.01 Å². The zero-order chi connectivity index (χ0) is 9.80. The van der Waals surface area contributed by atoms with E-state index in [0.29, 0.717) is 11.7 Å². The van der Waals surface area contributed by atoms with Crippen LogP contribution in [0, 0.1) is 0 Å². The summed E-state index contributed by atoms with van der Waals surface area (Å²) in [7, 11) is 3.77. The first-order valence-electron chi connectivity index (χ1n) is 4.45. The van der Waals surface area contributed by atoms with E-state index in [-0.39, 0.29) is 6.61 Å². The van der Waals surface area contributed by atoms with E-state index in [1.807, 2.05) is 21.6 Å². The SMILES string of the molecule is OCc1coc(N2CCSSCC2)n1. The van der Waals surface area contributed by atoms with Crippen molar-refractivity contribution < 1.29 is 9.52 Å². The highest BCUT2D eigenvalue weighted by Crippen LogP contribution is 2.26. The molecule has 1 N–H and O–H groups in total. The quantitative estimate of drug-likeness (QED) is 0.777. The van der Waals surface area contributed by atoms with Crippen molar-refractivity contribution in [3.05, 3.63) is 12.0 Å². The molecular formula is C8H12N2O2S2. The minimum Gasteiger partial charge on any atom is -0.432 e. The van der Waals surface area contributed by atoms with Crippen LogP contribution >= 0.6 is 21.6 Å². The lowest BCUT2D eigenvalue weighted by Crippen LogP contribution is -2.26. The molecule has 6 heteroatoms. The van der Waals surface area contributed by atoms with Gasteiger partial charge in [0, 0.05) is 24.6 Å². The Kier molecular flexibility index (Phi) is 3.61. The highest BCUT2D eigenvalue weighted by atomic mass is 33.1. The first kappa shape index (κ1) is 10.2. The fraction of sp³-hybridized carbons (Fsp3) is 0.625. The lowest BCUT2D eigenvalue weighted by atomic mass is 10.5. The third-order valence-corrected chi connectivity index (χ3v) is 4.31. The maximum Gasteiger partial charge on any atom is 0.297 e. The summed E-state index contributed by atoms with van der Waals surface area (Å²) in [4.78, 5) is 6.30. The fourth-order valence-electron chi connectivity index (χ4n) is 1.23. The Bertz CT molecular complexity index is 285. The fourth-order valence-corrected chi connectivity index (χ4v) is 3.21. The van der Waals surface area contributed by atoms with E-state index in [1.54, 1.807) is 0 Å². The van der Waals surface area contributed by atoms with E-state index in [4.69, 9.17) is 9.52 Å². The normalized spacial score (nSPS) is 18.2. The second kappa shape index (κ2) is 4.95. The zero-order valence-corrected chi connectivity index (χ0v) is 9.31. The van der Waals surface area contributed by atoms with Gasteiger partial charge in [0.15, 0.2) is 0 Å². The number of aromatic nitrogens is 1. The van der Waals surface area contributed by atoms with E-state index in [9.17, 15) is 0 Å². The molecule has 1 aromatic heterocycles. The van der Waals surface area contributed by atoms with Crippen molar-refractivity contribution in [1.29, 1.82) is 0 Å². The second-order valence-electron chi connectivity index (χ2n) is 2.91. The number of aliphatic hydroxyl groups excluding tert-OH is 1. The van der Waals surface area contributed by atoms with Gasteiger partial charge in [-0.2, -0.15) is 4.98 Å². The van der Waals surface area contributed by atoms with Crippen molar-refractivity contribution in [2.45, 2.75) is 6.61 Å². The van der Waals surface area contributed by atoms with Crippen molar-refractivity contribution >= 4 is 27.6 Å². The molecule has 0 aliphatic carbocycles. The second-order valence-corrected chi connectivity index (χ2v) is 5.61. The maximum atomic E-state index is 8.86. The molecule has 4 nitrogen and oxygen atoms in total. The number of aliphatic hydroxyl groups is 1. The molecule has 1 aliphatic rings. The van der Waals surface area contributed by atoms with E-state index in [2.05, 4.69) is 9.88 Å². The van der Waals surface area contributed by atoms with Crippen LogP contribution in [0.5, 0.6) is 0 Å². The smallest absolute Gasteiger partial charge is 0.297 e. The Morgan fingerprint density at radius 1 is 1.43 bits per heavy atom. The van der Waals surface area contributed by atoms with Crippen LogP contribution in [0.15, 0.2) is 10.7 Å². The highest BCUT2D eigenvalue weighted by molar-refractivity contribution is 8.76. The molecule has 1 aromatic rings. The largest absolute Gasteiger partial charge is 0.432 e. The molecule has 0 spiro atoms. The molecule has 0 atom stereocenters. The van der Waals surface area contributed by atoms with Gasteiger partial charge in [0.25, 0.3) is 6.01 Å². The van der Waals surface area contributed by atoms with Gasteiger partial charge in [-0.25, -0.2) is 0 Å². The summed E-state index contributed by atoms with van der Waals surface area (Å²) >= 11 is 0. The Morgan fingerprint density at radius 3 is 2.71 bits per heavy atom. The first-order valence-corrected chi connectivity index (χ1v) is 6.93. The molecular weight excluding hydrogens is 220 g/mol. The van der Waals surface area contributed by atoms with Crippen molar-refractivity contribution in [2.24, 2.45) is 0 Å². The summed E-state index contributed by atoms with van der Waals surface area (Å²) in [6.45, 7) is 1.87. The number of oxazole rings is 1. The summed E-state index contributed by atoms with van der Waals surface area (Å²) in [5.74, 6) is 2.17. The molecule has 0 aromatic carbocycles. The van der Waals surface area contributed by atoms with Crippen molar-refractivity contribution in [3.63, 3.8) is 0 Å². The predicted octanol–water partition coefficient (Wildman–Crippen LogP) is 1.37. The summed E-state index contributed by atoms with van der Waals surface area (Å²) in [6.07, 6.45) is 1.51. The predicted molar refractivity (Wildman–Crippen MR) is 59.6 cm³/mol. The van der Waals surface area contributed by atoms with Crippen LogP contribution in [-0.2, 0) is 6.61 Å². The lowest BCUT2D eigenvalue weighted by molar-refractivity contribution is 0.276. The molecule has 0 saturated carbocycles. The standard InChI is InChI=1S/C8H12N2O2S2/c11-5-7-6-12-8(9-7)10-1-3-13-14-4-2-10/h6,11H,1-5H2. The van der Waals surface area contributed by atoms with Gasteiger partial charge < -0.3 is 14.4 Å². The van der Waals surface area contributed by atoms with Crippen molar-refractivity contribution in [2.75, 3.05) is 29.5 Å². The number of hydrogen-bond donors (Lipinski definition) is 1. The summed E-state index contributed by atoms with van der Waals surface area (Å²) < 4.78 is 5.29. The van der Waals surface area contributed by atoms with Crippen molar-refractivity contribution in [3.8, 4) is 0 Å². The van der Waals surface area contributed by atoms with Crippen LogP contribution in [0.3, 0.4) is 0 Å². The number of hydrogen-bond acceptors (Lipinski definition) is 6. The number of rotatable bonds is 2. The van der Waals surface area contributed by atoms with Gasteiger partial charge in [-0.15, -0.1) is 0 Å². The minimum absolute atomic E-state index is 0.0547. The average molecular weight is 232 g/mol. The Hall–Kier alpha value is -0.330. The van der Waals surface area contributed by atoms with E-state index in [1.165, 1.54) is 6.26 Å². The molecule has 78 valence electrons. The molecule has 0 amide bonds. The summed E-state index contributed by atoms with van der Waals surface area (Å²) in [5.41, 5.74) is 0.601. The van der Waals surface area contributed by atoms with Crippen LogP contribution in [0.1, 0.15) is 5.69 Å². The molecule has 1 fully saturated rings. The van der Waals surface area contributed by atoms with Gasteiger partial charge in [-0.05, 0) is 0 Å². The number of nitrogens with zero attached hydrogens (tertiary/aromatic N) is 2. The summed E-state index contributed by atoms with van der Waals surface area (Å²) in [6, 6.07) is 0.636. The van der Waals surface area contributed by atoms with Crippen molar-refractivity contribution in [1.82, 2.24) is 4.98 Å². The van der Waals surface area contributed by atoms with Crippen LogP contribution < -0.4 is 4.90 Å². The van der Waals surface area contributed by atoms with Gasteiger partial charge in [0.1, 0.15) is 12.0 Å². The average Bonchev–Trinajstić information content (AvgIpc) is 2.53. The molecule has 0 bridgehead atoms. The molecule has 1 aliphatic heterocycles. The van der Waals surface area contributed by atoms with Gasteiger partial charge in [-0.3, -0.25) is 0 Å². The monoisotopic (exact) mass is 232 g/mol. The third-order valence-electron chi connectivity index (χ3n) is 1.94. The van der Waals surface area contributed by atoms with E-state index >= 15 is 0 Å². The highest BCUT2D eigenvalue weighted by Gasteiger charge is 2.15. The Labute approximate surface area is 90.5 Å². The molecule has 1 saturated heterocycles. The Morgan fingerprint density at radius 2 is 2.14 bits per heavy atom. The maximum absolute atomic E-state index is 8.86. The summed E-state index contributed by atoms with van der Waals surface area (Å²) in [5, 5.41) is 8.86. The Balaban J connectivity index is 2.04. The van der Waals surface area contributed by atoms with Gasteiger partial charge in [-0.1, -0.05) is 21.6 Å². The van der Waals surface area contributed by atoms with E-state index < -0.39 is 0 Å². The van der Waals surface area contributed by atoms with Crippen LogP contribution in [-0.4, -0.2) is 34.7 Å². The van der Waals surface area contributed by atoms with Crippen LogP contribution in [0.25, 0.3) is 0 Å². The topological polar surface area (TPSA) is 49.5 Å². The van der Waals surface area contributed by atoms with Gasteiger partial charge in [0.2, 0.25) is 0 Å². The minimum atomic E-state index is -0.0547. The molecule has 2 heterocycles. The zero-order valence-electron chi connectivity index (χ0n) is 7.68. The molecule has 14 heavy (non-hydrogen) atoms. The number of anilines is 1. The van der Waals surface area contributed by atoms with Gasteiger partial charge >= 0.3 is 0 Å². The molecule has 0 radical (unpaired) electrons. The van der Waals surface area contributed by atoms with Gasteiger partial charge in [0.05, 0.1) is 6.61 Å². The molecule has 0 unspecified atom stereocenters. The lowest BCUT2D eigenvalue weighted by Gasteiger charge is -2.16.